The maximum Gasteiger partial charge on any atom is 0.224 e. The normalized spacial score (nSPS) is 13.7. The van der Waals surface area contributed by atoms with E-state index in [-0.39, 0.29) is 11.3 Å². The van der Waals surface area contributed by atoms with Crippen molar-refractivity contribution in [1.29, 1.82) is 0 Å². The van der Waals surface area contributed by atoms with Crippen LogP contribution in [0, 0.1) is 12.3 Å². The number of amides is 1. The van der Waals surface area contributed by atoms with Gasteiger partial charge in [-0.05, 0) is 39.8 Å². The van der Waals surface area contributed by atoms with E-state index in [2.05, 4.69) is 9.97 Å². The zero-order chi connectivity index (χ0) is 15.1. The number of halogens is 1. The summed E-state index contributed by atoms with van der Waals surface area (Å²) < 4.78 is 1.89. The van der Waals surface area contributed by atoms with E-state index in [0.29, 0.717) is 12.4 Å². The van der Waals surface area contributed by atoms with Gasteiger partial charge in [0, 0.05) is 12.2 Å². The molecule has 0 aliphatic carbocycles. The molecular formula is C14H19ClN4O. The van der Waals surface area contributed by atoms with Gasteiger partial charge >= 0.3 is 0 Å². The number of hydrogen-bond acceptors (Lipinski definition) is 3. The molecule has 20 heavy (non-hydrogen) atoms. The van der Waals surface area contributed by atoms with Gasteiger partial charge in [0.05, 0.1) is 10.8 Å². The van der Waals surface area contributed by atoms with E-state index in [4.69, 9.17) is 17.3 Å². The van der Waals surface area contributed by atoms with Gasteiger partial charge in [0.25, 0.3) is 0 Å². The first-order valence-electron chi connectivity index (χ1n) is 6.50. The number of hydrogen-bond donors (Lipinski definition) is 1. The summed E-state index contributed by atoms with van der Waals surface area (Å²) in [6.45, 7) is 7.78. The third-order valence-corrected chi connectivity index (χ3v) is 3.53. The van der Waals surface area contributed by atoms with Crippen LogP contribution in [0.25, 0.3) is 11.2 Å². The fourth-order valence-electron chi connectivity index (χ4n) is 2.05. The summed E-state index contributed by atoms with van der Waals surface area (Å²) in [4.78, 5) is 20.6. The van der Waals surface area contributed by atoms with Crippen molar-refractivity contribution >= 4 is 28.7 Å². The predicted octanol–water partition coefficient (Wildman–Crippen LogP) is 2.55. The molecule has 2 aromatic rings. The molecule has 5 nitrogen and oxygen atoms in total. The van der Waals surface area contributed by atoms with Gasteiger partial charge in [0.2, 0.25) is 5.91 Å². The van der Waals surface area contributed by atoms with Gasteiger partial charge in [-0.1, -0.05) is 0 Å². The van der Waals surface area contributed by atoms with Crippen molar-refractivity contribution in [1.82, 2.24) is 14.5 Å². The Morgan fingerprint density at radius 3 is 2.65 bits per heavy atom. The van der Waals surface area contributed by atoms with Gasteiger partial charge in [-0.25, -0.2) is 9.97 Å². The van der Waals surface area contributed by atoms with E-state index in [9.17, 15) is 4.79 Å². The van der Waals surface area contributed by atoms with Crippen molar-refractivity contribution in [2.75, 3.05) is 0 Å². The monoisotopic (exact) mass is 294 g/mol. The third-order valence-electron chi connectivity index (χ3n) is 3.34. The summed E-state index contributed by atoms with van der Waals surface area (Å²) in [5.41, 5.74) is 7.17. The molecule has 1 unspecified atom stereocenters. The summed E-state index contributed by atoms with van der Waals surface area (Å²) in [5.74, 6) is 0.342. The molecule has 0 aliphatic rings. The van der Waals surface area contributed by atoms with Crippen molar-refractivity contribution in [3.05, 3.63) is 23.7 Å². The predicted molar refractivity (Wildman–Crippen MR) is 79.5 cm³/mol. The maximum absolute atomic E-state index is 11.6. The van der Waals surface area contributed by atoms with E-state index in [0.717, 1.165) is 16.9 Å². The molecular weight excluding hydrogens is 276 g/mol. The molecule has 1 atom stereocenters. The Hall–Kier alpha value is -1.62. The van der Waals surface area contributed by atoms with E-state index in [1.165, 1.54) is 0 Å². The summed E-state index contributed by atoms with van der Waals surface area (Å²) in [5, 5.41) is -0.270. The van der Waals surface area contributed by atoms with Crippen LogP contribution < -0.4 is 5.73 Å². The van der Waals surface area contributed by atoms with Crippen LogP contribution in [0.4, 0.5) is 0 Å². The number of nitrogens with zero attached hydrogens (tertiary/aromatic N) is 3. The van der Waals surface area contributed by atoms with E-state index in [1.54, 1.807) is 13.8 Å². The lowest BCUT2D eigenvalue weighted by Crippen LogP contribution is -2.35. The number of carbonyl (C=O) groups is 1. The second-order valence-electron chi connectivity index (χ2n) is 5.72. The van der Waals surface area contributed by atoms with Gasteiger partial charge in [0.15, 0.2) is 5.65 Å². The molecule has 2 rings (SSSR count). The average Bonchev–Trinajstić information content (AvgIpc) is 2.67. The molecule has 2 aromatic heterocycles. The number of imidazole rings is 1. The number of alkyl halides is 1. The number of nitrogens with two attached hydrogens (primary N) is 1. The minimum atomic E-state index is -0.695. The molecule has 6 heteroatoms. The fraction of sp³-hybridized carbons (Fsp3) is 0.500. The summed E-state index contributed by atoms with van der Waals surface area (Å²) in [7, 11) is 0. The van der Waals surface area contributed by atoms with Crippen LogP contribution >= 0.6 is 11.6 Å². The third kappa shape index (κ3) is 2.63. The van der Waals surface area contributed by atoms with Crippen molar-refractivity contribution < 1.29 is 4.79 Å². The Morgan fingerprint density at radius 1 is 1.45 bits per heavy atom. The molecule has 108 valence electrons. The molecule has 2 N–H and O–H groups in total. The standard InChI is InChI=1S/C14H19ClN4O/c1-8-5-6-10-12(17-8)19(11(18-10)9(2)15)7-14(3,4)13(16)20/h5-6,9H,7H2,1-4H3,(H2,16,20). The van der Waals surface area contributed by atoms with Gasteiger partial charge in [-0.2, -0.15) is 0 Å². The Bertz CT molecular complexity index is 660. The first-order valence-corrected chi connectivity index (χ1v) is 6.94. The van der Waals surface area contributed by atoms with E-state index >= 15 is 0 Å². The number of rotatable bonds is 4. The Balaban J connectivity index is 2.62. The van der Waals surface area contributed by atoms with Crippen molar-refractivity contribution in [3.63, 3.8) is 0 Å². The molecule has 0 fully saturated rings. The van der Waals surface area contributed by atoms with Crippen LogP contribution in [0.2, 0.25) is 0 Å². The van der Waals surface area contributed by atoms with Crippen LogP contribution in [0.5, 0.6) is 0 Å². The Labute approximate surface area is 123 Å². The largest absolute Gasteiger partial charge is 0.369 e. The molecule has 0 aromatic carbocycles. The van der Waals surface area contributed by atoms with E-state index < -0.39 is 5.41 Å². The maximum atomic E-state index is 11.6. The molecule has 0 aliphatic heterocycles. The highest BCUT2D eigenvalue weighted by atomic mass is 35.5. The average molecular weight is 295 g/mol. The second-order valence-corrected chi connectivity index (χ2v) is 6.37. The number of aromatic nitrogens is 3. The number of aryl methyl sites for hydroxylation is 1. The molecule has 0 spiro atoms. The zero-order valence-electron chi connectivity index (χ0n) is 12.1. The number of primary amides is 1. The molecule has 2 heterocycles. The quantitative estimate of drug-likeness (QED) is 0.881. The molecule has 0 saturated heterocycles. The van der Waals surface area contributed by atoms with Crippen molar-refractivity contribution in [2.45, 2.75) is 39.6 Å². The van der Waals surface area contributed by atoms with Gasteiger partial charge in [-0.3, -0.25) is 4.79 Å². The highest BCUT2D eigenvalue weighted by Crippen LogP contribution is 2.28. The zero-order valence-corrected chi connectivity index (χ0v) is 12.9. The lowest BCUT2D eigenvalue weighted by atomic mass is 9.92. The van der Waals surface area contributed by atoms with Crippen LogP contribution in [-0.2, 0) is 11.3 Å². The minimum absolute atomic E-state index is 0.270. The summed E-state index contributed by atoms with van der Waals surface area (Å²) >= 11 is 6.20. The second kappa shape index (κ2) is 5.05. The van der Waals surface area contributed by atoms with Crippen LogP contribution in [0.1, 0.15) is 37.7 Å². The summed E-state index contributed by atoms with van der Waals surface area (Å²) in [6, 6.07) is 3.82. The van der Waals surface area contributed by atoms with Gasteiger partial charge in [-0.15, -0.1) is 11.6 Å². The minimum Gasteiger partial charge on any atom is -0.369 e. The van der Waals surface area contributed by atoms with Crippen LogP contribution in [0.15, 0.2) is 12.1 Å². The first kappa shape index (κ1) is 14.8. The fourth-order valence-corrected chi connectivity index (χ4v) is 2.21. The highest BCUT2D eigenvalue weighted by molar-refractivity contribution is 6.20. The molecule has 0 saturated carbocycles. The molecule has 0 radical (unpaired) electrons. The Kier molecular flexibility index (Phi) is 3.73. The number of carbonyl (C=O) groups excluding carboxylic acids is 1. The van der Waals surface area contributed by atoms with Gasteiger partial charge in [0.1, 0.15) is 11.3 Å². The van der Waals surface area contributed by atoms with Crippen molar-refractivity contribution in [3.8, 4) is 0 Å². The number of fused-ring (bicyclic) bond motifs is 1. The Morgan fingerprint density at radius 2 is 2.10 bits per heavy atom. The first-order chi connectivity index (χ1) is 9.22. The topological polar surface area (TPSA) is 73.8 Å². The van der Waals surface area contributed by atoms with E-state index in [1.807, 2.05) is 30.5 Å². The summed E-state index contributed by atoms with van der Waals surface area (Å²) in [6.07, 6.45) is 0. The van der Waals surface area contributed by atoms with Crippen LogP contribution in [0.3, 0.4) is 0 Å². The lowest BCUT2D eigenvalue weighted by Gasteiger charge is -2.23. The van der Waals surface area contributed by atoms with Gasteiger partial charge < -0.3 is 10.3 Å². The SMILES string of the molecule is Cc1ccc2nc(C(C)Cl)n(CC(C)(C)C(N)=O)c2n1. The smallest absolute Gasteiger partial charge is 0.224 e. The van der Waals surface area contributed by atoms with Crippen LogP contribution in [-0.4, -0.2) is 20.4 Å². The van der Waals surface area contributed by atoms with Crippen molar-refractivity contribution in [2.24, 2.45) is 11.1 Å². The highest BCUT2D eigenvalue weighted by Gasteiger charge is 2.28. The molecule has 0 bridgehead atoms. The molecule has 1 amide bonds. The lowest BCUT2D eigenvalue weighted by molar-refractivity contribution is -0.126. The number of pyridine rings is 1.